The van der Waals surface area contributed by atoms with Crippen molar-refractivity contribution >= 4 is 6.08 Å². The number of nitrogens with zero attached hydrogens (tertiary/aromatic N) is 1. The Hall–Kier alpha value is -1.62. The van der Waals surface area contributed by atoms with Crippen LogP contribution in [-0.4, -0.2) is 22.6 Å². The third-order valence-corrected chi connectivity index (χ3v) is 4.01. The lowest BCUT2D eigenvalue weighted by Gasteiger charge is -2.27. The molecule has 3 rings (SSSR count). The van der Waals surface area contributed by atoms with E-state index in [4.69, 9.17) is 0 Å². The smallest absolute Gasteiger partial charge is 0.258 e. The lowest BCUT2D eigenvalue weighted by Crippen LogP contribution is -2.39. The van der Waals surface area contributed by atoms with E-state index in [0.717, 1.165) is 12.2 Å². The zero-order valence-electron chi connectivity index (χ0n) is 11.0. The monoisotopic (exact) mass is 260 g/mol. The summed E-state index contributed by atoms with van der Waals surface area (Å²) in [5.41, 5.74) is 1.46. The van der Waals surface area contributed by atoms with Crippen LogP contribution in [0.3, 0.4) is 0 Å². The van der Waals surface area contributed by atoms with Gasteiger partial charge in [-0.3, -0.25) is 4.79 Å². The van der Waals surface area contributed by atoms with Crippen LogP contribution >= 0.6 is 0 Å². The van der Waals surface area contributed by atoms with Crippen molar-refractivity contribution in [1.29, 1.82) is 0 Å². The number of aromatic amines is 1. The normalized spacial score (nSPS) is 22.8. The number of aromatic nitrogens is 2. The minimum Gasteiger partial charge on any atom is -0.381 e. The van der Waals surface area contributed by atoms with Gasteiger partial charge in [0.05, 0.1) is 23.6 Å². The van der Waals surface area contributed by atoms with Crippen molar-refractivity contribution in [2.24, 2.45) is 0 Å². The molecular formula is C14H20N4O. The average molecular weight is 260 g/mol. The molecule has 1 fully saturated rings. The fourth-order valence-corrected chi connectivity index (χ4v) is 2.94. The second kappa shape index (κ2) is 5.57. The average Bonchev–Trinajstić information content (AvgIpc) is 2.47. The number of hydrogen-bond donors (Lipinski definition) is 3. The molecule has 1 aromatic heterocycles. The number of rotatable bonds is 3. The van der Waals surface area contributed by atoms with Crippen LogP contribution in [0.25, 0.3) is 6.08 Å². The van der Waals surface area contributed by atoms with Crippen LogP contribution in [0.15, 0.2) is 17.3 Å². The van der Waals surface area contributed by atoms with E-state index < -0.39 is 0 Å². The molecule has 2 aliphatic rings. The Labute approximate surface area is 112 Å². The Kier molecular flexibility index (Phi) is 3.64. The Morgan fingerprint density at radius 1 is 1.32 bits per heavy atom. The van der Waals surface area contributed by atoms with Crippen LogP contribution in [-0.2, 0) is 0 Å². The molecule has 0 saturated heterocycles. The molecular weight excluding hydrogens is 240 g/mol. The highest BCUT2D eigenvalue weighted by atomic mass is 16.1. The summed E-state index contributed by atoms with van der Waals surface area (Å²) in [6.45, 7) is 0.818. The fraction of sp³-hybridized carbons (Fsp3) is 0.571. The molecule has 19 heavy (non-hydrogen) atoms. The largest absolute Gasteiger partial charge is 0.381 e. The van der Waals surface area contributed by atoms with Gasteiger partial charge in [-0.15, -0.1) is 0 Å². The van der Waals surface area contributed by atoms with Crippen molar-refractivity contribution in [3.63, 3.8) is 0 Å². The SMILES string of the molecule is O=c1[nH]cnc2c1C=CNC2CNC1CCCCC1. The van der Waals surface area contributed by atoms with Crippen LogP contribution in [0, 0.1) is 0 Å². The Bertz CT molecular complexity index is 516. The van der Waals surface area contributed by atoms with Crippen LogP contribution in [0.4, 0.5) is 0 Å². The molecule has 1 aliphatic heterocycles. The number of nitrogens with one attached hydrogen (secondary N) is 3. The summed E-state index contributed by atoms with van der Waals surface area (Å²) < 4.78 is 0. The number of hydrogen-bond acceptors (Lipinski definition) is 4. The van der Waals surface area contributed by atoms with Gasteiger partial charge < -0.3 is 15.6 Å². The summed E-state index contributed by atoms with van der Waals surface area (Å²) in [7, 11) is 0. The Balaban J connectivity index is 1.68. The molecule has 3 N–H and O–H groups in total. The summed E-state index contributed by atoms with van der Waals surface area (Å²) >= 11 is 0. The molecule has 1 saturated carbocycles. The van der Waals surface area contributed by atoms with Gasteiger partial charge in [0.1, 0.15) is 0 Å². The third-order valence-electron chi connectivity index (χ3n) is 4.01. The quantitative estimate of drug-likeness (QED) is 0.766. The van der Waals surface area contributed by atoms with Crippen molar-refractivity contribution < 1.29 is 0 Å². The molecule has 0 spiro atoms. The van der Waals surface area contributed by atoms with Gasteiger partial charge in [-0.05, 0) is 25.1 Å². The van der Waals surface area contributed by atoms with Crippen molar-refractivity contribution in [2.45, 2.75) is 44.2 Å². The molecule has 0 radical (unpaired) electrons. The summed E-state index contributed by atoms with van der Waals surface area (Å²) in [5, 5.41) is 6.89. The molecule has 2 heterocycles. The van der Waals surface area contributed by atoms with E-state index in [1.165, 1.54) is 38.4 Å². The Morgan fingerprint density at radius 3 is 3.00 bits per heavy atom. The highest BCUT2D eigenvalue weighted by Crippen LogP contribution is 2.20. The topological polar surface area (TPSA) is 69.8 Å². The number of fused-ring (bicyclic) bond motifs is 1. The first-order valence-electron chi connectivity index (χ1n) is 7.08. The summed E-state index contributed by atoms with van der Waals surface area (Å²) in [6, 6.07) is 0.705. The third kappa shape index (κ3) is 2.71. The van der Waals surface area contributed by atoms with Gasteiger partial charge in [0.25, 0.3) is 5.56 Å². The second-order valence-corrected chi connectivity index (χ2v) is 5.33. The van der Waals surface area contributed by atoms with Gasteiger partial charge in [0.2, 0.25) is 0 Å². The van der Waals surface area contributed by atoms with Crippen molar-refractivity contribution in [2.75, 3.05) is 6.54 Å². The first-order chi connectivity index (χ1) is 9.34. The fourth-order valence-electron chi connectivity index (χ4n) is 2.94. The van der Waals surface area contributed by atoms with E-state index >= 15 is 0 Å². The zero-order chi connectivity index (χ0) is 13.1. The molecule has 0 aromatic carbocycles. The lowest BCUT2D eigenvalue weighted by atomic mass is 9.95. The summed E-state index contributed by atoms with van der Waals surface area (Å²) in [4.78, 5) is 18.7. The highest BCUT2D eigenvalue weighted by molar-refractivity contribution is 5.53. The zero-order valence-corrected chi connectivity index (χ0v) is 11.0. The van der Waals surface area contributed by atoms with E-state index in [0.29, 0.717) is 11.6 Å². The first kappa shape index (κ1) is 12.4. The van der Waals surface area contributed by atoms with Crippen molar-refractivity contribution in [3.05, 3.63) is 34.1 Å². The predicted molar refractivity (Wildman–Crippen MR) is 74.6 cm³/mol. The molecule has 1 atom stereocenters. The van der Waals surface area contributed by atoms with E-state index in [2.05, 4.69) is 20.6 Å². The molecule has 0 bridgehead atoms. The van der Waals surface area contributed by atoms with E-state index in [9.17, 15) is 4.79 Å². The standard InChI is InChI=1S/C14H20N4O/c19-14-11-6-7-15-12(13(11)17-9-18-14)8-16-10-4-2-1-3-5-10/h6-7,9-10,12,15-16H,1-5,8H2,(H,17,18,19). The molecule has 1 aliphatic carbocycles. The van der Waals surface area contributed by atoms with E-state index in [1.807, 2.05) is 6.20 Å². The van der Waals surface area contributed by atoms with Crippen LogP contribution < -0.4 is 16.2 Å². The molecule has 5 nitrogen and oxygen atoms in total. The van der Waals surface area contributed by atoms with Gasteiger partial charge in [-0.2, -0.15) is 0 Å². The molecule has 1 aromatic rings. The first-order valence-corrected chi connectivity index (χ1v) is 7.08. The maximum Gasteiger partial charge on any atom is 0.258 e. The lowest BCUT2D eigenvalue weighted by molar-refractivity contribution is 0.357. The van der Waals surface area contributed by atoms with Crippen LogP contribution in [0.5, 0.6) is 0 Å². The maximum absolute atomic E-state index is 11.7. The number of H-pyrrole nitrogens is 1. The summed E-state index contributed by atoms with van der Waals surface area (Å²) in [5.74, 6) is 0. The van der Waals surface area contributed by atoms with Gasteiger partial charge in [-0.1, -0.05) is 19.3 Å². The van der Waals surface area contributed by atoms with Gasteiger partial charge >= 0.3 is 0 Å². The van der Waals surface area contributed by atoms with E-state index in [1.54, 1.807) is 6.08 Å². The van der Waals surface area contributed by atoms with E-state index in [-0.39, 0.29) is 11.6 Å². The van der Waals surface area contributed by atoms with Crippen LogP contribution in [0.1, 0.15) is 49.4 Å². The maximum atomic E-state index is 11.7. The van der Waals surface area contributed by atoms with Gasteiger partial charge in [-0.25, -0.2) is 4.98 Å². The minimum atomic E-state index is -0.0644. The Morgan fingerprint density at radius 2 is 2.16 bits per heavy atom. The second-order valence-electron chi connectivity index (χ2n) is 5.33. The molecule has 0 amide bonds. The molecule has 1 unspecified atom stereocenters. The predicted octanol–water partition coefficient (Wildman–Crippen LogP) is 1.31. The van der Waals surface area contributed by atoms with Crippen LogP contribution in [0.2, 0.25) is 0 Å². The molecule has 102 valence electrons. The van der Waals surface area contributed by atoms with Crippen molar-refractivity contribution in [1.82, 2.24) is 20.6 Å². The van der Waals surface area contributed by atoms with Gasteiger partial charge in [0, 0.05) is 12.6 Å². The highest BCUT2D eigenvalue weighted by Gasteiger charge is 2.21. The molecule has 5 heteroatoms. The summed E-state index contributed by atoms with van der Waals surface area (Å²) in [6.07, 6.45) is 11.6. The van der Waals surface area contributed by atoms with Crippen molar-refractivity contribution in [3.8, 4) is 0 Å². The van der Waals surface area contributed by atoms with Gasteiger partial charge in [0.15, 0.2) is 0 Å². The minimum absolute atomic E-state index is 0.0644.